The summed E-state index contributed by atoms with van der Waals surface area (Å²) in [6.45, 7) is 0.454. The Bertz CT molecular complexity index is 922. The molecular weight excluding hydrogens is 376 g/mol. The molecule has 0 saturated heterocycles. The normalized spacial score (nSPS) is 16.1. The SMILES string of the molecule is O=C(Cn1cccc(C(=O)NCC2CC2)c1=O)Nc1nc2c(s1)CCCCC2. The molecule has 2 amide bonds. The smallest absolute Gasteiger partial charge is 0.263 e. The number of rotatable bonds is 6. The van der Waals surface area contributed by atoms with Gasteiger partial charge in [0.2, 0.25) is 5.91 Å². The number of fused-ring (bicyclic) bond motifs is 1. The zero-order chi connectivity index (χ0) is 19.5. The molecule has 0 unspecified atom stereocenters. The van der Waals surface area contributed by atoms with Crippen molar-refractivity contribution in [3.8, 4) is 0 Å². The van der Waals surface area contributed by atoms with Crippen molar-refractivity contribution in [2.24, 2.45) is 5.92 Å². The molecule has 0 radical (unpaired) electrons. The van der Waals surface area contributed by atoms with Crippen LogP contribution in [0.4, 0.5) is 5.13 Å². The second-order valence-corrected chi connectivity index (χ2v) is 8.59. The lowest BCUT2D eigenvalue weighted by atomic mass is 10.2. The maximum absolute atomic E-state index is 12.6. The van der Waals surface area contributed by atoms with E-state index in [1.807, 2.05) is 0 Å². The van der Waals surface area contributed by atoms with E-state index in [9.17, 15) is 14.4 Å². The molecule has 4 rings (SSSR count). The number of nitrogens with zero attached hydrogens (tertiary/aromatic N) is 2. The lowest BCUT2D eigenvalue weighted by Gasteiger charge is -2.08. The van der Waals surface area contributed by atoms with Crippen molar-refractivity contribution in [1.29, 1.82) is 0 Å². The van der Waals surface area contributed by atoms with Crippen LogP contribution < -0.4 is 16.2 Å². The summed E-state index contributed by atoms with van der Waals surface area (Å²) in [5.41, 5.74) is 0.696. The first-order chi connectivity index (χ1) is 13.6. The van der Waals surface area contributed by atoms with E-state index in [0.717, 1.165) is 44.2 Å². The van der Waals surface area contributed by atoms with E-state index in [1.54, 1.807) is 6.07 Å². The zero-order valence-electron chi connectivity index (χ0n) is 15.7. The van der Waals surface area contributed by atoms with Crippen LogP contribution in [0.2, 0.25) is 0 Å². The third kappa shape index (κ3) is 4.49. The molecule has 1 fully saturated rings. The fourth-order valence-corrected chi connectivity index (χ4v) is 4.45. The Morgan fingerprint density at radius 3 is 2.86 bits per heavy atom. The van der Waals surface area contributed by atoms with E-state index in [4.69, 9.17) is 0 Å². The second-order valence-electron chi connectivity index (χ2n) is 7.51. The Morgan fingerprint density at radius 1 is 1.21 bits per heavy atom. The monoisotopic (exact) mass is 400 g/mol. The summed E-state index contributed by atoms with van der Waals surface area (Å²) in [5, 5.41) is 6.18. The third-order valence-electron chi connectivity index (χ3n) is 5.17. The molecule has 2 aliphatic rings. The highest BCUT2D eigenvalue weighted by Gasteiger charge is 2.23. The Balaban J connectivity index is 1.40. The molecule has 148 valence electrons. The predicted molar refractivity (Wildman–Crippen MR) is 108 cm³/mol. The van der Waals surface area contributed by atoms with E-state index in [0.29, 0.717) is 17.6 Å². The van der Waals surface area contributed by atoms with E-state index >= 15 is 0 Å². The van der Waals surface area contributed by atoms with Crippen LogP contribution in [-0.2, 0) is 24.2 Å². The van der Waals surface area contributed by atoms with E-state index in [-0.39, 0.29) is 23.9 Å². The van der Waals surface area contributed by atoms with Gasteiger partial charge >= 0.3 is 0 Å². The number of hydrogen-bond acceptors (Lipinski definition) is 5. The van der Waals surface area contributed by atoms with Crippen LogP contribution in [0.15, 0.2) is 23.1 Å². The molecular formula is C20H24N4O3S. The molecule has 0 atom stereocenters. The zero-order valence-corrected chi connectivity index (χ0v) is 16.5. The van der Waals surface area contributed by atoms with E-state index in [2.05, 4.69) is 15.6 Å². The minimum atomic E-state index is -0.458. The van der Waals surface area contributed by atoms with Gasteiger partial charge in [0, 0.05) is 17.6 Å². The van der Waals surface area contributed by atoms with Crippen LogP contribution in [-0.4, -0.2) is 27.9 Å². The number of carbonyl (C=O) groups is 2. The molecule has 2 aromatic heterocycles. The molecule has 8 heteroatoms. The Kier molecular flexibility index (Phi) is 5.57. The number of aryl methyl sites for hydroxylation is 2. The number of hydrogen-bond donors (Lipinski definition) is 2. The molecule has 2 aromatic rings. The van der Waals surface area contributed by atoms with Crippen LogP contribution >= 0.6 is 11.3 Å². The Hall–Kier alpha value is -2.48. The molecule has 0 aromatic carbocycles. The van der Waals surface area contributed by atoms with Crippen molar-refractivity contribution in [3.05, 3.63) is 44.8 Å². The number of carbonyl (C=O) groups excluding carboxylic acids is 2. The maximum atomic E-state index is 12.6. The quantitative estimate of drug-likeness (QED) is 0.728. The fourth-order valence-electron chi connectivity index (χ4n) is 3.38. The van der Waals surface area contributed by atoms with Gasteiger partial charge in [-0.2, -0.15) is 0 Å². The molecule has 28 heavy (non-hydrogen) atoms. The van der Waals surface area contributed by atoms with Gasteiger partial charge in [0.05, 0.1) is 5.69 Å². The number of nitrogens with one attached hydrogen (secondary N) is 2. The number of aromatic nitrogens is 2. The standard InChI is InChI=1S/C20H24N4O3S/c25-17(23-20-22-15-6-2-1-3-7-16(15)28-20)12-24-10-4-5-14(19(24)27)18(26)21-11-13-8-9-13/h4-5,10,13H,1-3,6-9,11-12H2,(H,21,26)(H,22,23,25). The summed E-state index contributed by atoms with van der Waals surface area (Å²) in [6, 6.07) is 3.11. The van der Waals surface area contributed by atoms with Gasteiger partial charge in [-0.15, -0.1) is 11.3 Å². The second kappa shape index (κ2) is 8.26. The van der Waals surface area contributed by atoms with Crippen LogP contribution in [0.25, 0.3) is 0 Å². The van der Waals surface area contributed by atoms with Crippen LogP contribution in [0.5, 0.6) is 0 Å². The number of anilines is 1. The minimum absolute atomic E-state index is 0.0666. The van der Waals surface area contributed by atoms with Crippen molar-refractivity contribution in [2.75, 3.05) is 11.9 Å². The van der Waals surface area contributed by atoms with E-state index in [1.165, 1.54) is 39.5 Å². The summed E-state index contributed by atoms with van der Waals surface area (Å²) < 4.78 is 1.26. The van der Waals surface area contributed by atoms with Gasteiger partial charge in [0.15, 0.2) is 5.13 Å². The summed E-state index contributed by atoms with van der Waals surface area (Å²) in [7, 11) is 0. The molecule has 0 bridgehead atoms. The molecule has 0 aliphatic heterocycles. The van der Waals surface area contributed by atoms with Crippen molar-refractivity contribution < 1.29 is 9.59 Å². The van der Waals surface area contributed by atoms with Crippen molar-refractivity contribution in [2.45, 2.75) is 51.5 Å². The average Bonchev–Trinajstić information content (AvgIpc) is 3.46. The summed E-state index contributed by atoms with van der Waals surface area (Å²) in [5.74, 6) is -0.161. The molecule has 7 nitrogen and oxygen atoms in total. The number of thiazole rings is 1. The third-order valence-corrected chi connectivity index (χ3v) is 6.24. The lowest BCUT2D eigenvalue weighted by Crippen LogP contribution is -2.35. The summed E-state index contributed by atoms with van der Waals surface area (Å²) in [4.78, 5) is 43.0. The molecule has 1 saturated carbocycles. The molecule has 2 aliphatic carbocycles. The predicted octanol–water partition coefficient (Wildman–Crippen LogP) is 2.35. The first-order valence-electron chi connectivity index (χ1n) is 9.86. The highest BCUT2D eigenvalue weighted by Crippen LogP contribution is 2.29. The first kappa shape index (κ1) is 18.9. The largest absolute Gasteiger partial charge is 0.352 e. The maximum Gasteiger partial charge on any atom is 0.263 e. The van der Waals surface area contributed by atoms with Gasteiger partial charge < -0.3 is 15.2 Å². The number of pyridine rings is 1. The molecule has 2 N–H and O–H groups in total. The van der Waals surface area contributed by atoms with Crippen LogP contribution in [0.1, 0.15) is 53.0 Å². The van der Waals surface area contributed by atoms with Crippen molar-refractivity contribution in [1.82, 2.24) is 14.9 Å². The fraction of sp³-hybridized carbons (Fsp3) is 0.500. The van der Waals surface area contributed by atoms with Gasteiger partial charge in [-0.3, -0.25) is 14.4 Å². The average molecular weight is 401 g/mol. The van der Waals surface area contributed by atoms with Gasteiger partial charge in [-0.1, -0.05) is 6.42 Å². The minimum Gasteiger partial charge on any atom is -0.352 e. The van der Waals surface area contributed by atoms with Gasteiger partial charge in [0.1, 0.15) is 12.1 Å². The number of amides is 2. The summed E-state index contributed by atoms with van der Waals surface area (Å²) in [6.07, 6.45) is 9.26. The van der Waals surface area contributed by atoms with Gasteiger partial charge in [-0.05, 0) is 56.6 Å². The Labute approximate surface area is 167 Å². The topological polar surface area (TPSA) is 93.1 Å². The van der Waals surface area contributed by atoms with Gasteiger partial charge in [0.25, 0.3) is 11.5 Å². The first-order valence-corrected chi connectivity index (χ1v) is 10.7. The van der Waals surface area contributed by atoms with Crippen LogP contribution in [0.3, 0.4) is 0 Å². The highest BCUT2D eigenvalue weighted by molar-refractivity contribution is 7.15. The van der Waals surface area contributed by atoms with Crippen molar-refractivity contribution in [3.63, 3.8) is 0 Å². The van der Waals surface area contributed by atoms with Crippen molar-refractivity contribution >= 4 is 28.3 Å². The molecule has 2 heterocycles. The van der Waals surface area contributed by atoms with Gasteiger partial charge in [-0.25, -0.2) is 4.98 Å². The highest BCUT2D eigenvalue weighted by atomic mass is 32.1. The van der Waals surface area contributed by atoms with Crippen LogP contribution in [0, 0.1) is 5.92 Å². The van der Waals surface area contributed by atoms with E-state index < -0.39 is 5.56 Å². The summed E-state index contributed by atoms with van der Waals surface area (Å²) >= 11 is 1.52. The Morgan fingerprint density at radius 2 is 2.04 bits per heavy atom. The molecule has 0 spiro atoms. The lowest BCUT2D eigenvalue weighted by molar-refractivity contribution is -0.116.